The van der Waals surface area contributed by atoms with E-state index in [1.54, 1.807) is 0 Å². The summed E-state index contributed by atoms with van der Waals surface area (Å²) in [5.74, 6) is 0. The minimum atomic E-state index is 1.17. The summed E-state index contributed by atoms with van der Waals surface area (Å²) >= 11 is 1.89. The summed E-state index contributed by atoms with van der Waals surface area (Å²) in [6, 6.07) is 75.5. The highest BCUT2D eigenvalue weighted by Crippen LogP contribution is 2.46. The van der Waals surface area contributed by atoms with Crippen LogP contribution in [0.2, 0.25) is 0 Å². The third-order valence-corrected chi connectivity index (χ3v) is 12.9. The molecule has 2 nitrogen and oxygen atoms in total. The van der Waals surface area contributed by atoms with Gasteiger partial charge < -0.3 is 9.13 Å². The van der Waals surface area contributed by atoms with Gasteiger partial charge in [0.1, 0.15) is 0 Å². The maximum absolute atomic E-state index is 2.49. The Bertz CT molecular complexity index is 3510. The van der Waals surface area contributed by atoms with Crippen LogP contribution >= 0.6 is 11.3 Å². The van der Waals surface area contributed by atoms with Crippen LogP contribution in [0.4, 0.5) is 0 Å². The zero-order chi connectivity index (χ0) is 37.5. The van der Waals surface area contributed by atoms with Crippen LogP contribution in [0.15, 0.2) is 206 Å². The molecule has 0 atom stereocenters. The van der Waals surface area contributed by atoms with Gasteiger partial charge in [-0.2, -0.15) is 0 Å². The molecule has 0 unspecified atom stereocenters. The molecular formula is C54H34N2S. The van der Waals surface area contributed by atoms with Gasteiger partial charge in [-0.3, -0.25) is 0 Å². The molecule has 12 rings (SSSR count). The predicted octanol–water partition coefficient (Wildman–Crippen LogP) is 15.2. The van der Waals surface area contributed by atoms with Crippen LogP contribution in [-0.4, -0.2) is 9.13 Å². The highest BCUT2D eigenvalue weighted by molar-refractivity contribution is 7.26. The van der Waals surface area contributed by atoms with E-state index in [2.05, 4.69) is 215 Å². The van der Waals surface area contributed by atoms with E-state index in [0.717, 1.165) is 0 Å². The molecule has 0 bridgehead atoms. The first-order valence-electron chi connectivity index (χ1n) is 19.5. The second-order valence-electron chi connectivity index (χ2n) is 14.8. The van der Waals surface area contributed by atoms with E-state index < -0.39 is 0 Å². The Balaban J connectivity index is 1.12. The van der Waals surface area contributed by atoms with E-state index in [-0.39, 0.29) is 0 Å². The van der Waals surface area contributed by atoms with Gasteiger partial charge in [-0.1, -0.05) is 164 Å². The fourth-order valence-electron chi connectivity index (χ4n) is 9.28. The van der Waals surface area contributed by atoms with Gasteiger partial charge >= 0.3 is 0 Å². The zero-order valence-corrected chi connectivity index (χ0v) is 31.7. The molecule has 12 aromatic rings. The number of benzene rings is 9. The SMILES string of the molecule is c1ccc(-c2ccccc2-n2c3ccccc3c3cccc(-c4ccc5c(c4)c4ccccc4n5-c4ccc(-c5ccccc5)c5c4sc4ccccc45)c32)cc1. The Hall–Kier alpha value is -7.20. The maximum Gasteiger partial charge on any atom is 0.0641 e. The predicted molar refractivity (Wildman–Crippen MR) is 244 cm³/mol. The Morgan fingerprint density at radius 2 is 0.895 bits per heavy atom. The summed E-state index contributed by atoms with van der Waals surface area (Å²) in [5, 5.41) is 7.61. The molecule has 0 amide bonds. The van der Waals surface area contributed by atoms with Crippen molar-refractivity contribution in [3.05, 3.63) is 206 Å². The second-order valence-corrected chi connectivity index (χ2v) is 15.9. The number of rotatable bonds is 5. The summed E-state index contributed by atoms with van der Waals surface area (Å²) in [7, 11) is 0. The largest absolute Gasteiger partial charge is 0.308 e. The van der Waals surface area contributed by atoms with Crippen LogP contribution in [0.5, 0.6) is 0 Å². The molecule has 0 radical (unpaired) electrons. The maximum atomic E-state index is 2.49. The summed E-state index contributed by atoms with van der Waals surface area (Å²) in [4.78, 5) is 0. The molecule has 3 heterocycles. The molecule has 3 aromatic heterocycles. The lowest BCUT2D eigenvalue weighted by molar-refractivity contribution is 1.18. The molecule has 0 spiro atoms. The number of hydrogen-bond acceptors (Lipinski definition) is 1. The van der Waals surface area contributed by atoms with Crippen LogP contribution in [-0.2, 0) is 0 Å². The van der Waals surface area contributed by atoms with E-state index in [9.17, 15) is 0 Å². The summed E-state index contributed by atoms with van der Waals surface area (Å²) in [5.41, 5.74) is 14.5. The zero-order valence-electron chi connectivity index (χ0n) is 30.9. The van der Waals surface area contributed by atoms with Crippen LogP contribution in [0.3, 0.4) is 0 Å². The molecule has 0 fully saturated rings. The Labute approximate surface area is 333 Å². The molecule has 9 aromatic carbocycles. The van der Waals surface area contributed by atoms with Gasteiger partial charge in [-0.25, -0.2) is 0 Å². The Morgan fingerprint density at radius 1 is 0.316 bits per heavy atom. The molecule has 266 valence electrons. The van der Waals surface area contributed by atoms with Crippen molar-refractivity contribution in [2.75, 3.05) is 0 Å². The lowest BCUT2D eigenvalue weighted by Crippen LogP contribution is -1.98. The molecule has 0 aliphatic carbocycles. The molecule has 0 aliphatic rings. The van der Waals surface area contributed by atoms with Gasteiger partial charge in [0, 0.05) is 48.1 Å². The molecular weight excluding hydrogens is 709 g/mol. The topological polar surface area (TPSA) is 9.86 Å². The first kappa shape index (κ1) is 32.1. The van der Waals surface area contributed by atoms with Crippen molar-refractivity contribution >= 4 is 75.1 Å². The fraction of sp³-hybridized carbons (Fsp3) is 0. The standard InChI is InChI=1S/C54H34N2S/c1-3-16-35(17-4-1)38-20-7-11-26-46(38)56-48-28-13-8-21-41(48)43-25-15-24-40(53(43)56)37-30-32-49-45(34-37)42-22-9-12-27-47(42)55(49)50-33-31-39(36-18-5-2-6-19-36)52-44-23-10-14-29-51(44)57-54(50)52/h1-34H. The van der Waals surface area contributed by atoms with Gasteiger partial charge in [0.05, 0.1) is 38.1 Å². The minimum Gasteiger partial charge on any atom is -0.308 e. The van der Waals surface area contributed by atoms with E-state index in [1.807, 2.05) is 11.3 Å². The van der Waals surface area contributed by atoms with E-state index in [0.29, 0.717) is 0 Å². The highest BCUT2D eigenvalue weighted by Gasteiger charge is 2.22. The van der Waals surface area contributed by atoms with Gasteiger partial charge in [-0.15, -0.1) is 11.3 Å². The molecule has 0 N–H and O–H groups in total. The first-order valence-corrected chi connectivity index (χ1v) is 20.3. The van der Waals surface area contributed by atoms with Crippen molar-refractivity contribution in [2.24, 2.45) is 0 Å². The Morgan fingerprint density at radius 3 is 1.68 bits per heavy atom. The number of aromatic nitrogens is 2. The smallest absolute Gasteiger partial charge is 0.0641 e. The third kappa shape index (κ3) is 4.83. The van der Waals surface area contributed by atoms with Crippen molar-refractivity contribution in [3.8, 4) is 44.8 Å². The van der Waals surface area contributed by atoms with Crippen LogP contribution in [0, 0.1) is 0 Å². The lowest BCUT2D eigenvalue weighted by atomic mass is 9.98. The number of hydrogen-bond donors (Lipinski definition) is 0. The summed E-state index contributed by atoms with van der Waals surface area (Å²) in [6.45, 7) is 0. The number of para-hydroxylation sites is 4. The monoisotopic (exact) mass is 742 g/mol. The van der Waals surface area contributed by atoms with Crippen LogP contribution < -0.4 is 0 Å². The molecule has 3 heteroatoms. The quantitative estimate of drug-likeness (QED) is 0.166. The summed E-state index contributed by atoms with van der Waals surface area (Å²) < 4.78 is 7.59. The molecule has 0 saturated carbocycles. The van der Waals surface area contributed by atoms with Gasteiger partial charge in [0.15, 0.2) is 0 Å². The van der Waals surface area contributed by atoms with Crippen molar-refractivity contribution < 1.29 is 0 Å². The Kier molecular flexibility index (Phi) is 7.13. The van der Waals surface area contributed by atoms with Crippen LogP contribution in [0.25, 0.3) is 109 Å². The lowest BCUT2D eigenvalue weighted by Gasteiger charge is -2.16. The molecule has 57 heavy (non-hydrogen) atoms. The fourth-order valence-corrected chi connectivity index (χ4v) is 10.5. The van der Waals surface area contributed by atoms with Gasteiger partial charge in [0.2, 0.25) is 0 Å². The van der Waals surface area contributed by atoms with E-state index >= 15 is 0 Å². The number of nitrogens with zero attached hydrogens (tertiary/aromatic N) is 2. The van der Waals surface area contributed by atoms with E-state index in [1.165, 1.54) is 109 Å². The first-order chi connectivity index (χ1) is 28.3. The van der Waals surface area contributed by atoms with Gasteiger partial charge in [-0.05, 0) is 64.7 Å². The van der Waals surface area contributed by atoms with Crippen LogP contribution in [0.1, 0.15) is 0 Å². The van der Waals surface area contributed by atoms with E-state index in [4.69, 9.17) is 0 Å². The highest BCUT2D eigenvalue weighted by atomic mass is 32.1. The number of fused-ring (bicyclic) bond motifs is 9. The second kappa shape index (κ2) is 12.7. The minimum absolute atomic E-state index is 1.17. The average molecular weight is 743 g/mol. The van der Waals surface area contributed by atoms with Crippen molar-refractivity contribution in [2.45, 2.75) is 0 Å². The van der Waals surface area contributed by atoms with Gasteiger partial charge in [0.25, 0.3) is 0 Å². The summed E-state index contributed by atoms with van der Waals surface area (Å²) in [6.07, 6.45) is 0. The molecule has 0 saturated heterocycles. The third-order valence-electron chi connectivity index (χ3n) is 11.7. The average Bonchev–Trinajstić information content (AvgIpc) is 3.95. The molecule has 0 aliphatic heterocycles. The van der Waals surface area contributed by atoms with Crippen molar-refractivity contribution in [1.29, 1.82) is 0 Å². The van der Waals surface area contributed by atoms with Crippen molar-refractivity contribution in [3.63, 3.8) is 0 Å². The normalized spacial score (nSPS) is 11.9. The van der Waals surface area contributed by atoms with Crippen molar-refractivity contribution in [1.82, 2.24) is 9.13 Å². The number of thiophene rings is 1.